The molecule has 3 rings (SSSR count). The van der Waals surface area contributed by atoms with Crippen molar-refractivity contribution in [3.63, 3.8) is 0 Å². The van der Waals surface area contributed by atoms with Gasteiger partial charge in [0.1, 0.15) is 0 Å². The quantitative estimate of drug-likeness (QED) is 0.558. The Labute approximate surface area is 130 Å². The van der Waals surface area contributed by atoms with Gasteiger partial charge in [0.05, 0.1) is 15.1 Å². The molecule has 0 saturated heterocycles. The van der Waals surface area contributed by atoms with Crippen LogP contribution in [0, 0.1) is 0 Å². The summed E-state index contributed by atoms with van der Waals surface area (Å²) in [6.07, 6.45) is 0. The molecule has 0 atom stereocenters. The molecule has 0 heteroatoms. The highest BCUT2D eigenvalue weighted by Gasteiger charge is 2.09. The zero-order valence-electron chi connectivity index (χ0n) is 21.6. The minimum atomic E-state index is -0.626. The molecule has 19 heavy (non-hydrogen) atoms. The van der Waals surface area contributed by atoms with Gasteiger partial charge in [-0.15, -0.1) is 0 Å². The molecule has 0 aliphatic carbocycles. The van der Waals surface area contributed by atoms with Crippen molar-refractivity contribution in [2.24, 2.45) is 0 Å². The van der Waals surface area contributed by atoms with Crippen molar-refractivity contribution >= 4 is 10.8 Å². The Morgan fingerprint density at radius 3 is 2.05 bits per heavy atom. The number of hydrogen-bond donors (Lipinski definition) is 0. The minimum Gasteiger partial charge on any atom is -0.0622 e. The summed E-state index contributed by atoms with van der Waals surface area (Å²) in [5.74, 6) is -0.349. The molecule has 0 heterocycles. The van der Waals surface area contributed by atoms with Crippen molar-refractivity contribution in [2.75, 3.05) is 0 Å². The van der Waals surface area contributed by atoms with Crippen molar-refractivity contribution in [1.29, 1.82) is 0 Å². The molecular formula is C19H18. The first-order valence-electron chi connectivity index (χ1n) is 11.4. The van der Waals surface area contributed by atoms with Crippen LogP contribution in [0.3, 0.4) is 0 Å². The fourth-order valence-electron chi connectivity index (χ4n) is 1.95. The van der Waals surface area contributed by atoms with E-state index in [1.807, 2.05) is 0 Å². The highest BCUT2D eigenvalue weighted by Crippen LogP contribution is 2.33. The second-order valence-electron chi connectivity index (χ2n) is 4.44. The molecule has 94 valence electrons. The van der Waals surface area contributed by atoms with E-state index in [1.54, 1.807) is 13.8 Å². The van der Waals surface area contributed by atoms with Crippen molar-refractivity contribution in [3.8, 4) is 11.1 Å². The van der Waals surface area contributed by atoms with Gasteiger partial charge in [-0.1, -0.05) is 80.3 Å². The van der Waals surface area contributed by atoms with E-state index in [0.717, 1.165) is 0 Å². The number of hydrogen-bond acceptors (Lipinski definition) is 0. The first kappa shape index (κ1) is 4.79. The average Bonchev–Trinajstić information content (AvgIpc) is 2.70. The van der Waals surface area contributed by atoms with Crippen molar-refractivity contribution < 1.29 is 15.1 Å². The van der Waals surface area contributed by atoms with Gasteiger partial charge in [-0.05, 0) is 33.4 Å². The van der Waals surface area contributed by atoms with E-state index in [9.17, 15) is 0 Å². The molecule has 0 amide bonds. The molecule has 0 saturated carbocycles. The SMILES string of the molecule is [2H]c1c([2H])c([2H])c(-c2c([2H])c([2H])c(C(C)C)c3c([2H])c([2H])c([2H])c([2H])c23)c([2H])c1[2H]. The summed E-state index contributed by atoms with van der Waals surface area (Å²) in [6, 6.07) is -5.75. The van der Waals surface area contributed by atoms with Gasteiger partial charge in [-0.2, -0.15) is 0 Å². The molecule has 3 aromatic rings. The summed E-state index contributed by atoms with van der Waals surface area (Å²) in [7, 11) is 0. The molecule has 0 radical (unpaired) electrons. The molecule has 0 unspecified atom stereocenters. The second-order valence-corrected chi connectivity index (χ2v) is 4.44. The normalized spacial score (nSPS) is 19.2. The lowest BCUT2D eigenvalue weighted by Gasteiger charge is -2.13. The summed E-state index contributed by atoms with van der Waals surface area (Å²) in [5, 5.41) is -0.0944. The Hall–Kier alpha value is -2.08. The van der Waals surface area contributed by atoms with E-state index in [-0.39, 0.29) is 39.4 Å². The molecule has 0 bridgehead atoms. The van der Waals surface area contributed by atoms with Crippen molar-refractivity contribution in [1.82, 2.24) is 0 Å². The van der Waals surface area contributed by atoms with E-state index < -0.39 is 60.4 Å². The van der Waals surface area contributed by atoms with Gasteiger partial charge in [-0.3, -0.25) is 0 Å². The maximum absolute atomic E-state index is 8.55. The van der Waals surface area contributed by atoms with Crippen LogP contribution < -0.4 is 0 Å². The van der Waals surface area contributed by atoms with Crippen LogP contribution in [-0.4, -0.2) is 0 Å². The first-order chi connectivity index (χ1) is 13.8. The van der Waals surface area contributed by atoms with Gasteiger partial charge in [0.2, 0.25) is 0 Å². The zero-order chi connectivity index (χ0) is 22.8. The fourth-order valence-corrected chi connectivity index (χ4v) is 1.95. The first-order valence-corrected chi connectivity index (χ1v) is 5.94. The minimum absolute atomic E-state index is 0.0267. The van der Waals surface area contributed by atoms with Gasteiger partial charge in [0, 0.05) is 0 Å². The van der Waals surface area contributed by atoms with Crippen LogP contribution in [-0.2, 0) is 0 Å². The van der Waals surface area contributed by atoms with Gasteiger partial charge >= 0.3 is 0 Å². The smallest absolute Gasteiger partial charge is 0.0622 e. The van der Waals surface area contributed by atoms with Gasteiger partial charge in [-0.25, -0.2) is 0 Å². The van der Waals surface area contributed by atoms with Crippen LogP contribution in [0.25, 0.3) is 21.9 Å². The van der Waals surface area contributed by atoms with Crippen molar-refractivity contribution in [3.05, 3.63) is 72.0 Å². The second kappa shape index (κ2) is 4.89. The van der Waals surface area contributed by atoms with Gasteiger partial charge in [0.25, 0.3) is 0 Å². The molecule has 0 aromatic heterocycles. The highest BCUT2D eigenvalue weighted by atomic mass is 14.1. The van der Waals surface area contributed by atoms with Crippen LogP contribution >= 0.6 is 0 Å². The van der Waals surface area contributed by atoms with E-state index in [0.29, 0.717) is 0 Å². The molecule has 0 fully saturated rings. The Balaban J connectivity index is 2.76. The third kappa shape index (κ3) is 2.15. The maximum Gasteiger partial charge on any atom is 0.0630 e. The molecule has 0 aliphatic heterocycles. The Morgan fingerprint density at radius 2 is 1.37 bits per heavy atom. The van der Waals surface area contributed by atoms with E-state index in [1.165, 1.54) is 0 Å². The Kier molecular flexibility index (Phi) is 1.23. The monoisotopic (exact) mass is 257 g/mol. The molecular weight excluding hydrogens is 228 g/mol. The largest absolute Gasteiger partial charge is 0.0630 e. The number of benzene rings is 3. The molecule has 0 spiro atoms. The average molecular weight is 257 g/mol. The number of rotatable bonds is 2. The zero-order valence-corrected chi connectivity index (χ0v) is 10.6. The lowest BCUT2D eigenvalue weighted by atomic mass is 9.91. The van der Waals surface area contributed by atoms with Crippen LogP contribution in [0.1, 0.15) is 40.4 Å². The number of fused-ring (bicyclic) bond motifs is 1. The molecule has 0 aliphatic rings. The lowest BCUT2D eigenvalue weighted by molar-refractivity contribution is 0.876. The van der Waals surface area contributed by atoms with Crippen LogP contribution in [0.2, 0.25) is 0 Å². The fraction of sp³-hybridized carbons (Fsp3) is 0.158. The Morgan fingerprint density at radius 1 is 0.737 bits per heavy atom. The van der Waals surface area contributed by atoms with E-state index in [2.05, 4.69) is 0 Å². The third-order valence-corrected chi connectivity index (χ3v) is 2.86. The predicted molar refractivity (Wildman–Crippen MR) is 83.5 cm³/mol. The summed E-state index contributed by atoms with van der Waals surface area (Å²) in [4.78, 5) is 0. The summed E-state index contributed by atoms with van der Waals surface area (Å²) in [5.41, 5.74) is -0.369. The molecule has 3 aromatic carbocycles. The van der Waals surface area contributed by atoms with Gasteiger partial charge in [0.15, 0.2) is 0 Å². The molecule has 0 nitrogen and oxygen atoms in total. The van der Waals surface area contributed by atoms with Crippen LogP contribution in [0.5, 0.6) is 0 Å². The predicted octanol–water partition coefficient (Wildman–Crippen LogP) is 5.63. The van der Waals surface area contributed by atoms with E-state index >= 15 is 0 Å². The van der Waals surface area contributed by atoms with Crippen molar-refractivity contribution in [2.45, 2.75) is 19.8 Å². The maximum atomic E-state index is 8.55. The van der Waals surface area contributed by atoms with Crippen LogP contribution in [0.15, 0.2) is 66.5 Å². The summed E-state index contributed by atoms with van der Waals surface area (Å²) >= 11 is 0. The summed E-state index contributed by atoms with van der Waals surface area (Å²) in [6.45, 7) is 3.47. The van der Waals surface area contributed by atoms with Crippen LogP contribution in [0.4, 0.5) is 0 Å². The molecule has 0 N–H and O–H groups in total. The summed E-state index contributed by atoms with van der Waals surface area (Å²) < 4.78 is 90.1. The highest BCUT2D eigenvalue weighted by molar-refractivity contribution is 5.98. The Bertz CT molecular complexity index is 1200. The lowest BCUT2D eigenvalue weighted by Crippen LogP contribution is -1.91. The van der Waals surface area contributed by atoms with E-state index in [4.69, 9.17) is 15.1 Å². The topological polar surface area (TPSA) is 0 Å². The third-order valence-electron chi connectivity index (χ3n) is 2.86. The van der Waals surface area contributed by atoms with Gasteiger partial charge < -0.3 is 0 Å². The standard InChI is InChI=1S/C19H18/c1-14(2)16-12-13-17(15-8-4-3-5-9-15)19-11-7-6-10-18(16)19/h3-14H,1-2H3/i3D,4D,5D,6D,7D,8D,9D,10D,11D,12D,13D.